The molecule has 0 bridgehead atoms. The van der Waals surface area contributed by atoms with Crippen LogP contribution in [0.5, 0.6) is 5.75 Å². The monoisotopic (exact) mass is 513 g/mol. The molecule has 9 heteroatoms. The van der Waals surface area contributed by atoms with Crippen LogP contribution in [0.3, 0.4) is 0 Å². The van der Waals surface area contributed by atoms with E-state index in [0.29, 0.717) is 29.0 Å². The second kappa shape index (κ2) is 9.79. The van der Waals surface area contributed by atoms with E-state index < -0.39 is 11.9 Å². The van der Waals surface area contributed by atoms with E-state index in [2.05, 4.69) is 38.3 Å². The molecule has 1 unspecified atom stereocenters. The molecule has 1 aliphatic heterocycles. The van der Waals surface area contributed by atoms with Gasteiger partial charge in [0.2, 0.25) is 17.0 Å². The number of aromatic nitrogens is 3. The van der Waals surface area contributed by atoms with Gasteiger partial charge in [0.1, 0.15) is 18.4 Å². The minimum atomic E-state index is -0.487. The van der Waals surface area contributed by atoms with Crippen LogP contribution < -0.4 is 15.8 Å². The highest BCUT2D eigenvalue weighted by molar-refractivity contribution is 9.10. The maximum atomic E-state index is 12.3. The third kappa shape index (κ3) is 4.83. The molecule has 1 aliphatic rings. The van der Waals surface area contributed by atoms with Gasteiger partial charge in [-0.2, -0.15) is 4.98 Å². The van der Waals surface area contributed by atoms with E-state index in [4.69, 9.17) is 10.5 Å². The van der Waals surface area contributed by atoms with Crippen molar-refractivity contribution < 1.29 is 9.53 Å². The van der Waals surface area contributed by atoms with Gasteiger partial charge in [-0.1, -0.05) is 58.9 Å². The SMILES string of the molecule is CCCSc1nc2n(n1)C(c1ccc(OCc3cccc(Br)c3)cc1)C(C(N)=O)=C(C)N2. The number of fused-ring (bicyclic) bond motifs is 1. The summed E-state index contributed by atoms with van der Waals surface area (Å²) >= 11 is 5.06. The lowest BCUT2D eigenvalue weighted by molar-refractivity contribution is -0.115. The Labute approximate surface area is 199 Å². The summed E-state index contributed by atoms with van der Waals surface area (Å²) in [4.78, 5) is 16.9. The molecule has 1 amide bonds. The number of ether oxygens (including phenoxy) is 1. The molecule has 32 heavy (non-hydrogen) atoms. The number of primary amides is 1. The summed E-state index contributed by atoms with van der Waals surface area (Å²) in [5.74, 6) is 1.78. The fourth-order valence-electron chi connectivity index (χ4n) is 3.55. The van der Waals surface area contributed by atoms with Crippen molar-refractivity contribution in [2.24, 2.45) is 5.73 Å². The Kier molecular flexibility index (Phi) is 6.86. The Morgan fingerprint density at radius 2 is 2.06 bits per heavy atom. The number of carbonyl (C=O) groups is 1. The van der Waals surface area contributed by atoms with Crippen molar-refractivity contribution in [2.75, 3.05) is 11.1 Å². The zero-order valence-electron chi connectivity index (χ0n) is 17.8. The van der Waals surface area contributed by atoms with E-state index in [1.54, 1.807) is 16.4 Å². The molecule has 0 fully saturated rings. The molecule has 2 heterocycles. The van der Waals surface area contributed by atoms with Crippen LogP contribution >= 0.6 is 27.7 Å². The molecule has 0 radical (unpaired) electrons. The molecule has 2 aromatic carbocycles. The molecule has 0 saturated heterocycles. The van der Waals surface area contributed by atoms with Gasteiger partial charge in [0.25, 0.3) is 0 Å². The number of thioether (sulfide) groups is 1. The lowest BCUT2D eigenvalue weighted by Crippen LogP contribution is -2.31. The number of allylic oxidation sites excluding steroid dienone is 1. The quantitative estimate of drug-likeness (QED) is 0.416. The average molecular weight is 514 g/mol. The number of amides is 1. The molecule has 166 valence electrons. The Hall–Kier alpha value is -2.78. The predicted octanol–water partition coefficient (Wildman–Crippen LogP) is 4.90. The molecule has 4 rings (SSSR count). The van der Waals surface area contributed by atoms with Crippen LogP contribution in [0.2, 0.25) is 0 Å². The molecule has 3 aromatic rings. The molecule has 7 nitrogen and oxygen atoms in total. The Balaban J connectivity index is 1.60. The lowest BCUT2D eigenvalue weighted by atomic mass is 9.95. The van der Waals surface area contributed by atoms with Gasteiger partial charge in [0.15, 0.2) is 0 Å². The zero-order valence-corrected chi connectivity index (χ0v) is 20.2. The molecule has 1 atom stereocenters. The van der Waals surface area contributed by atoms with Crippen LogP contribution in [0.15, 0.2) is 69.4 Å². The molecule has 0 aliphatic carbocycles. The maximum absolute atomic E-state index is 12.3. The number of nitrogens with one attached hydrogen (secondary N) is 1. The Morgan fingerprint density at radius 3 is 2.75 bits per heavy atom. The summed E-state index contributed by atoms with van der Waals surface area (Å²) in [7, 11) is 0. The second-order valence-corrected chi connectivity index (χ2v) is 9.41. The zero-order chi connectivity index (χ0) is 22.7. The van der Waals surface area contributed by atoms with Crippen molar-refractivity contribution in [3.05, 3.63) is 75.4 Å². The van der Waals surface area contributed by atoms with Crippen LogP contribution in [0, 0.1) is 0 Å². The smallest absolute Gasteiger partial charge is 0.248 e. The molecule has 3 N–H and O–H groups in total. The highest BCUT2D eigenvalue weighted by Gasteiger charge is 2.33. The Bertz CT molecular complexity index is 1160. The Morgan fingerprint density at radius 1 is 1.28 bits per heavy atom. The number of rotatable bonds is 8. The van der Waals surface area contributed by atoms with E-state index in [1.165, 1.54) is 0 Å². The van der Waals surface area contributed by atoms with Gasteiger partial charge < -0.3 is 15.8 Å². The van der Waals surface area contributed by atoms with Gasteiger partial charge >= 0.3 is 0 Å². The first-order valence-corrected chi connectivity index (χ1v) is 12.1. The van der Waals surface area contributed by atoms with Crippen LogP contribution in [-0.4, -0.2) is 26.4 Å². The van der Waals surface area contributed by atoms with Crippen LogP contribution in [-0.2, 0) is 11.4 Å². The number of nitrogens with two attached hydrogens (primary N) is 1. The molecule has 0 spiro atoms. The van der Waals surface area contributed by atoms with Crippen molar-refractivity contribution in [3.8, 4) is 5.75 Å². The first-order chi connectivity index (χ1) is 15.5. The number of halogens is 1. The predicted molar refractivity (Wildman–Crippen MR) is 130 cm³/mol. The summed E-state index contributed by atoms with van der Waals surface area (Å²) in [5.41, 5.74) is 8.86. The highest BCUT2D eigenvalue weighted by atomic mass is 79.9. The topological polar surface area (TPSA) is 95.1 Å². The minimum Gasteiger partial charge on any atom is -0.489 e. The maximum Gasteiger partial charge on any atom is 0.248 e. The van der Waals surface area contributed by atoms with Crippen molar-refractivity contribution in [1.29, 1.82) is 0 Å². The van der Waals surface area contributed by atoms with Crippen LogP contribution in [0.1, 0.15) is 37.4 Å². The fourth-order valence-corrected chi connectivity index (χ4v) is 4.68. The normalized spacial score (nSPS) is 15.3. The summed E-state index contributed by atoms with van der Waals surface area (Å²) in [6.07, 6.45) is 1.02. The molecule has 1 aromatic heterocycles. The van der Waals surface area contributed by atoms with Gasteiger partial charge in [-0.05, 0) is 48.7 Å². The first kappa shape index (κ1) is 22.4. The number of nitrogens with zero attached hydrogens (tertiary/aromatic N) is 3. The summed E-state index contributed by atoms with van der Waals surface area (Å²) in [6, 6.07) is 15.2. The van der Waals surface area contributed by atoms with Gasteiger partial charge in [-0.3, -0.25) is 4.79 Å². The lowest BCUT2D eigenvalue weighted by Gasteiger charge is -2.27. The van der Waals surface area contributed by atoms with E-state index in [-0.39, 0.29) is 0 Å². The van der Waals surface area contributed by atoms with Crippen LogP contribution in [0.25, 0.3) is 0 Å². The third-order valence-electron chi connectivity index (χ3n) is 5.02. The summed E-state index contributed by atoms with van der Waals surface area (Å²) < 4.78 is 8.68. The average Bonchev–Trinajstić information content (AvgIpc) is 3.18. The molecule has 0 saturated carbocycles. The fraction of sp³-hybridized carbons (Fsp3) is 0.261. The van der Waals surface area contributed by atoms with Gasteiger partial charge in [-0.15, -0.1) is 5.10 Å². The first-order valence-electron chi connectivity index (χ1n) is 10.3. The summed E-state index contributed by atoms with van der Waals surface area (Å²) in [6.45, 7) is 4.41. The van der Waals surface area contributed by atoms with Gasteiger partial charge in [-0.25, -0.2) is 4.68 Å². The van der Waals surface area contributed by atoms with Crippen molar-refractivity contribution in [2.45, 2.75) is 38.1 Å². The van der Waals surface area contributed by atoms with Crippen molar-refractivity contribution >= 4 is 39.5 Å². The van der Waals surface area contributed by atoms with E-state index in [9.17, 15) is 4.79 Å². The number of hydrogen-bond donors (Lipinski definition) is 2. The van der Waals surface area contributed by atoms with Crippen molar-refractivity contribution in [1.82, 2.24) is 14.8 Å². The molecular formula is C23H24BrN5O2S. The van der Waals surface area contributed by atoms with E-state index >= 15 is 0 Å². The second-order valence-electron chi connectivity index (χ2n) is 7.43. The highest BCUT2D eigenvalue weighted by Crippen LogP contribution is 2.36. The molecular weight excluding hydrogens is 490 g/mol. The summed E-state index contributed by atoms with van der Waals surface area (Å²) in [5, 5.41) is 8.49. The van der Waals surface area contributed by atoms with Gasteiger partial charge in [0.05, 0.1) is 5.57 Å². The number of hydrogen-bond acceptors (Lipinski definition) is 6. The van der Waals surface area contributed by atoms with Gasteiger partial charge in [0, 0.05) is 15.9 Å². The minimum absolute atomic E-state index is 0.452. The number of benzene rings is 2. The van der Waals surface area contributed by atoms with Crippen molar-refractivity contribution in [3.63, 3.8) is 0 Å². The number of anilines is 1. The largest absolute Gasteiger partial charge is 0.489 e. The third-order valence-corrected chi connectivity index (χ3v) is 6.56. The van der Waals surface area contributed by atoms with Crippen LogP contribution in [0.4, 0.5) is 5.95 Å². The number of carbonyl (C=O) groups excluding carboxylic acids is 1. The van der Waals surface area contributed by atoms with E-state index in [0.717, 1.165) is 33.5 Å². The standard InChI is InChI=1S/C23H24BrN5O2S/c1-3-11-32-23-27-22-26-14(2)19(21(25)30)20(29(22)28-23)16-7-9-18(10-8-16)31-13-15-5-4-6-17(24)12-15/h4-10,12,20H,3,11,13H2,1-2H3,(H2,25,30)(H,26,27,28). The van der Waals surface area contributed by atoms with E-state index in [1.807, 2.05) is 55.5 Å².